The number of carbonyl (C=O) groups is 1. The molecule has 2 N–H and O–H groups in total. The van der Waals surface area contributed by atoms with Gasteiger partial charge in [0, 0.05) is 31.7 Å². The first-order valence-corrected chi connectivity index (χ1v) is 5.74. The lowest BCUT2D eigenvalue weighted by Crippen LogP contribution is -2.56. The molecule has 5 heteroatoms. The third kappa shape index (κ3) is 4.60. The van der Waals surface area contributed by atoms with Crippen LogP contribution in [0.25, 0.3) is 0 Å². The molecule has 16 heavy (non-hydrogen) atoms. The Morgan fingerprint density at radius 3 is 2.69 bits per heavy atom. The fourth-order valence-electron chi connectivity index (χ4n) is 2.09. The molecule has 0 aromatic rings. The molecule has 1 aliphatic rings. The van der Waals surface area contributed by atoms with Crippen molar-refractivity contribution >= 4 is 5.91 Å². The van der Waals surface area contributed by atoms with Gasteiger partial charge in [-0.15, -0.1) is 0 Å². The standard InChI is InChI=1S/C11H20N4O/c1-9-6-15(7-10(2)14-9)8-11(16)13-5-3-4-12/h9-10,14H,3,5-8H2,1-2H3,(H,13,16). The van der Waals surface area contributed by atoms with Crippen LogP contribution in [0, 0.1) is 11.3 Å². The zero-order chi connectivity index (χ0) is 12.0. The van der Waals surface area contributed by atoms with Crippen LogP contribution in [0.3, 0.4) is 0 Å². The normalized spacial score (nSPS) is 26.1. The van der Waals surface area contributed by atoms with Crippen LogP contribution in [-0.4, -0.2) is 49.1 Å². The minimum atomic E-state index is 0.0107. The Morgan fingerprint density at radius 2 is 2.12 bits per heavy atom. The predicted molar refractivity (Wildman–Crippen MR) is 61.7 cm³/mol. The maximum atomic E-state index is 11.5. The Bertz CT molecular complexity index is 264. The summed E-state index contributed by atoms with van der Waals surface area (Å²) in [5.74, 6) is 0.0107. The zero-order valence-corrected chi connectivity index (χ0v) is 9.99. The monoisotopic (exact) mass is 224 g/mol. The molecule has 2 atom stereocenters. The van der Waals surface area contributed by atoms with Gasteiger partial charge < -0.3 is 10.6 Å². The van der Waals surface area contributed by atoms with E-state index in [2.05, 4.69) is 29.4 Å². The quantitative estimate of drug-likeness (QED) is 0.643. The summed E-state index contributed by atoms with van der Waals surface area (Å²) < 4.78 is 0. The molecule has 0 aliphatic carbocycles. The number of carbonyl (C=O) groups excluding carboxylic acids is 1. The molecule has 2 unspecified atom stereocenters. The molecule has 0 bridgehead atoms. The van der Waals surface area contributed by atoms with E-state index < -0.39 is 0 Å². The smallest absolute Gasteiger partial charge is 0.234 e. The van der Waals surface area contributed by atoms with Crippen molar-refractivity contribution in [2.75, 3.05) is 26.2 Å². The molecule has 0 aromatic heterocycles. The molecule has 0 spiro atoms. The van der Waals surface area contributed by atoms with E-state index in [4.69, 9.17) is 5.26 Å². The van der Waals surface area contributed by atoms with Gasteiger partial charge in [-0.1, -0.05) is 0 Å². The Balaban J connectivity index is 2.25. The molecule has 0 saturated carbocycles. The minimum Gasteiger partial charge on any atom is -0.354 e. The fraction of sp³-hybridized carbons (Fsp3) is 0.818. The van der Waals surface area contributed by atoms with E-state index in [-0.39, 0.29) is 5.91 Å². The second-order valence-electron chi connectivity index (χ2n) is 4.42. The zero-order valence-electron chi connectivity index (χ0n) is 9.99. The highest BCUT2D eigenvalue weighted by Crippen LogP contribution is 2.02. The molecule has 1 rings (SSSR count). The van der Waals surface area contributed by atoms with Crippen LogP contribution in [0.1, 0.15) is 20.3 Å². The third-order valence-electron chi connectivity index (χ3n) is 2.56. The molecule has 0 radical (unpaired) electrons. The number of amides is 1. The lowest BCUT2D eigenvalue weighted by atomic mass is 10.1. The van der Waals surface area contributed by atoms with Crippen molar-refractivity contribution in [3.63, 3.8) is 0 Å². The van der Waals surface area contributed by atoms with E-state index in [1.165, 1.54) is 0 Å². The van der Waals surface area contributed by atoms with Crippen LogP contribution < -0.4 is 10.6 Å². The number of hydrogen-bond acceptors (Lipinski definition) is 4. The highest BCUT2D eigenvalue weighted by molar-refractivity contribution is 5.78. The van der Waals surface area contributed by atoms with Gasteiger partial charge in [-0.3, -0.25) is 9.69 Å². The molecule has 1 fully saturated rings. The number of nitriles is 1. The summed E-state index contributed by atoms with van der Waals surface area (Å²) in [6.07, 6.45) is 0.375. The van der Waals surface area contributed by atoms with E-state index in [9.17, 15) is 4.79 Å². The van der Waals surface area contributed by atoms with Gasteiger partial charge >= 0.3 is 0 Å². The molecular formula is C11H20N4O. The van der Waals surface area contributed by atoms with E-state index in [1.54, 1.807) is 0 Å². The number of rotatable bonds is 4. The second-order valence-corrected chi connectivity index (χ2v) is 4.42. The largest absolute Gasteiger partial charge is 0.354 e. The molecule has 5 nitrogen and oxygen atoms in total. The Morgan fingerprint density at radius 1 is 1.50 bits per heavy atom. The van der Waals surface area contributed by atoms with E-state index in [1.807, 2.05) is 6.07 Å². The molecular weight excluding hydrogens is 204 g/mol. The summed E-state index contributed by atoms with van der Waals surface area (Å²) in [7, 11) is 0. The lowest BCUT2D eigenvalue weighted by Gasteiger charge is -2.35. The fourth-order valence-corrected chi connectivity index (χ4v) is 2.09. The van der Waals surface area contributed by atoms with Crippen molar-refractivity contribution in [1.82, 2.24) is 15.5 Å². The number of hydrogen-bond donors (Lipinski definition) is 2. The SMILES string of the molecule is CC1CN(CC(=O)NCCC#N)CC(C)N1. The van der Waals surface area contributed by atoms with Crippen molar-refractivity contribution in [2.24, 2.45) is 0 Å². The summed E-state index contributed by atoms with van der Waals surface area (Å²) in [5, 5.41) is 14.5. The third-order valence-corrected chi connectivity index (χ3v) is 2.56. The summed E-state index contributed by atoms with van der Waals surface area (Å²) in [6.45, 7) is 6.92. The number of nitrogens with one attached hydrogen (secondary N) is 2. The Labute approximate surface area is 96.8 Å². The highest BCUT2D eigenvalue weighted by atomic mass is 16.2. The summed E-state index contributed by atoms with van der Waals surface area (Å²) >= 11 is 0. The number of nitrogens with zero attached hydrogens (tertiary/aromatic N) is 2. The van der Waals surface area contributed by atoms with Crippen molar-refractivity contribution < 1.29 is 4.79 Å². The maximum absolute atomic E-state index is 11.5. The van der Waals surface area contributed by atoms with Gasteiger partial charge in [0.05, 0.1) is 19.0 Å². The van der Waals surface area contributed by atoms with Gasteiger partial charge in [-0.25, -0.2) is 0 Å². The van der Waals surface area contributed by atoms with Gasteiger partial charge in [-0.05, 0) is 13.8 Å². The van der Waals surface area contributed by atoms with Gasteiger partial charge in [0.1, 0.15) is 0 Å². The predicted octanol–water partition coefficient (Wildman–Crippen LogP) is -0.302. The van der Waals surface area contributed by atoms with Crippen molar-refractivity contribution in [1.29, 1.82) is 5.26 Å². The van der Waals surface area contributed by atoms with Gasteiger partial charge in [0.2, 0.25) is 5.91 Å². The van der Waals surface area contributed by atoms with Crippen LogP contribution in [0.5, 0.6) is 0 Å². The van der Waals surface area contributed by atoms with Gasteiger partial charge in [0.15, 0.2) is 0 Å². The van der Waals surface area contributed by atoms with Gasteiger partial charge in [-0.2, -0.15) is 5.26 Å². The van der Waals surface area contributed by atoms with Crippen LogP contribution in [0.4, 0.5) is 0 Å². The lowest BCUT2D eigenvalue weighted by molar-refractivity contribution is -0.122. The second kappa shape index (κ2) is 6.46. The molecule has 1 saturated heterocycles. The maximum Gasteiger partial charge on any atom is 0.234 e. The average Bonchev–Trinajstić information content (AvgIpc) is 2.16. The molecule has 1 heterocycles. The highest BCUT2D eigenvalue weighted by Gasteiger charge is 2.22. The topological polar surface area (TPSA) is 68.2 Å². The molecule has 1 aliphatic heterocycles. The Hall–Kier alpha value is -1.12. The first kappa shape index (κ1) is 12.9. The van der Waals surface area contributed by atoms with E-state index >= 15 is 0 Å². The van der Waals surface area contributed by atoms with Crippen LogP contribution >= 0.6 is 0 Å². The average molecular weight is 224 g/mol. The van der Waals surface area contributed by atoms with Crippen LogP contribution in [0.2, 0.25) is 0 Å². The first-order valence-electron chi connectivity index (χ1n) is 5.74. The van der Waals surface area contributed by atoms with E-state index in [0.717, 1.165) is 13.1 Å². The summed E-state index contributed by atoms with van der Waals surface area (Å²) in [6, 6.07) is 2.86. The summed E-state index contributed by atoms with van der Waals surface area (Å²) in [4.78, 5) is 13.7. The molecule has 0 aromatic carbocycles. The molecule has 90 valence electrons. The van der Waals surface area contributed by atoms with Crippen molar-refractivity contribution in [3.05, 3.63) is 0 Å². The van der Waals surface area contributed by atoms with Crippen LogP contribution in [-0.2, 0) is 4.79 Å². The van der Waals surface area contributed by atoms with Crippen LogP contribution in [0.15, 0.2) is 0 Å². The minimum absolute atomic E-state index is 0.0107. The van der Waals surface area contributed by atoms with Gasteiger partial charge in [0.25, 0.3) is 0 Å². The van der Waals surface area contributed by atoms with Crippen molar-refractivity contribution in [2.45, 2.75) is 32.4 Å². The van der Waals surface area contributed by atoms with Crippen molar-refractivity contribution in [3.8, 4) is 6.07 Å². The number of piperazine rings is 1. The summed E-state index contributed by atoms with van der Waals surface area (Å²) in [5.41, 5.74) is 0. The van der Waals surface area contributed by atoms with E-state index in [0.29, 0.717) is 31.6 Å². The molecule has 1 amide bonds. The first-order chi connectivity index (χ1) is 7.61. The Kier molecular flexibility index (Phi) is 5.23.